The van der Waals surface area contributed by atoms with Gasteiger partial charge in [0.25, 0.3) is 0 Å². The van der Waals surface area contributed by atoms with Crippen molar-refractivity contribution >= 4 is 7.75 Å². The molecule has 0 saturated carbocycles. The summed E-state index contributed by atoms with van der Waals surface area (Å²) in [6.07, 6.45) is 0.749. The van der Waals surface area contributed by atoms with Crippen LogP contribution in [0, 0.1) is 0 Å². The SMILES string of the molecule is CCC(C)N(CC)P(=O)(O)O. The Morgan fingerprint density at radius 1 is 1.45 bits per heavy atom. The summed E-state index contributed by atoms with van der Waals surface area (Å²) in [5, 5.41) is 0. The van der Waals surface area contributed by atoms with Gasteiger partial charge in [0.05, 0.1) is 0 Å². The Morgan fingerprint density at radius 2 is 1.91 bits per heavy atom. The first-order valence-electron chi connectivity index (χ1n) is 3.76. The molecule has 4 nitrogen and oxygen atoms in total. The Kier molecular flexibility index (Phi) is 4.26. The van der Waals surface area contributed by atoms with Gasteiger partial charge in [0.15, 0.2) is 0 Å². The zero-order chi connectivity index (χ0) is 9.07. The molecule has 0 spiro atoms. The Hall–Kier alpha value is 0.110. The van der Waals surface area contributed by atoms with Crippen molar-refractivity contribution in [1.82, 2.24) is 4.67 Å². The standard InChI is InChI=1S/C6H16NO3P/c1-4-6(3)7(5-2)11(8,9)10/h6H,4-5H2,1-3H3,(H2,8,9,10). The lowest BCUT2D eigenvalue weighted by Crippen LogP contribution is -2.29. The molecule has 0 bridgehead atoms. The zero-order valence-corrected chi connectivity index (χ0v) is 8.08. The van der Waals surface area contributed by atoms with Crippen LogP contribution in [0.2, 0.25) is 0 Å². The van der Waals surface area contributed by atoms with Gasteiger partial charge in [-0.15, -0.1) is 0 Å². The summed E-state index contributed by atoms with van der Waals surface area (Å²) >= 11 is 0. The highest BCUT2D eigenvalue weighted by molar-refractivity contribution is 7.49. The fraction of sp³-hybridized carbons (Fsp3) is 1.00. The number of nitrogens with zero attached hydrogens (tertiary/aromatic N) is 1. The van der Waals surface area contributed by atoms with Crippen molar-refractivity contribution in [2.24, 2.45) is 0 Å². The van der Waals surface area contributed by atoms with Crippen LogP contribution in [-0.2, 0) is 4.57 Å². The number of hydrogen-bond donors (Lipinski definition) is 2. The third kappa shape index (κ3) is 3.34. The lowest BCUT2D eigenvalue weighted by atomic mass is 10.3. The number of hydrogen-bond acceptors (Lipinski definition) is 1. The van der Waals surface area contributed by atoms with E-state index in [1.807, 2.05) is 13.8 Å². The molecular weight excluding hydrogens is 165 g/mol. The van der Waals surface area contributed by atoms with E-state index in [1.165, 1.54) is 4.67 Å². The molecule has 0 aliphatic rings. The van der Waals surface area contributed by atoms with Crippen molar-refractivity contribution in [2.75, 3.05) is 6.54 Å². The lowest BCUT2D eigenvalue weighted by molar-refractivity contribution is 0.237. The van der Waals surface area contributed by atoms with Crippen LogP contribution in [0.1, 0.15) is 27.2 Å². The topological polar surface area (TPSA) is 60.8 Å². The average molecular weight is 181 g/mol. The van der Waals surface area contributed by atoms with Gasteiger partial charge in [-0.2, -0.15) is 0 Å². The van der Waals surface area contributed by atoms with Gasteiger partial charge >= 0.3 is 7.75 Å². The predicted octanol–water partition coefficient (Wildman–Crippen LogP) is 1.20. The molecule has 11 heavy (non-hydrogen) atoms. The van der Waals surface area contributed by atoms with Gasteiger partial charge in [-0.1, -0.05) is 13.8 Å². The maximum absolute atomic E-state index is 10.8. The molecule has 0 aromatic carbocycles. The normalized spacial score (nSPS) is 15.5. The third-order valence-corrected chi connectivity index (χ3v) is 3.10. The van der Waals surface area contributed by atoms with Gasteiger partial charge in [0, 0.05) is 12.6 Å². The van der Waals surface area contributed by atoms with Crippen molar-refractivity contribution in [1.29, 1.82) is 0 Å². The highest BCUT2D eigenvalue weighted by atomic mass is 31.2. The molecule has 0 aliphatic heterocycles. The van der Waals surface area contributed by atoms with E-state index in [0.717, 1.165) is 6.42 Å². The molecule has 0 fully saturated rings. The summed E-state index contributed by atoms with van der Waals surface area (Å²) in [6.45, 7) is 5.84. The average Bonchev–Trinajstić information content (AvgIpc) is 1.86. The van der Waals surface area contributed by atoms with Crippen LogP contribution in [0.3, 0.4) is 0 Å². The molecule has 0 radical (unpaired) electrons. The summed E-state index contributed by atoms with van der Waals surface area (Å²) in [6, 6.07) is -0.0548. The first-order valence-corrected chi connectivity index (χ1v) is 5.32. The van der Waals surface area contributed by atoms with Crippen LogP contribution in [0.25, 0.3) is 0 Å². The second-order valence-electron chi connectivity index (χ2n) is 2.53. The fourth-order valence-electron chi connectivity index (χ4n) is 0.963. The van der Waals surface area contributed by atoms with Crippen molar-refractivity contribution in [3.63, 3.8) is 0 Å². The van der Waals surface area contributed by atoms with Crippen LogP contribution >= 0.6 is 7.75 Å². The highest BCUT2D eigenvalue weighted by Crippen LogP contribution is 2.41. The molecule has 0 aliphatic carbocycles. The van der Waals surface area contributed by atoms with E-state index in [1.54, 1.807) is 6.92 Å². The van der Waals surface area contributed by atoms with Crippen LogP contribution < -0.4 is 0 Å². The van der Waals surface area contributed by atoms with E-state index in [9.17, 15) is 4.57 Å². The summed E-state index contributed by atoms with van der Waals surface area (Å²) < 4.78 is 12.0. The summed E-state index contributed by atoms with van der Waals surface area (Å²) in [5.74, 6) is 0. The molecule has 1 unspecified atom stereocenters. The molecule has 0 rings (SSSR count). The van der Waals surface area contributed by atoms with Gasteiger partial charge in [0.1, 0.15) is 0 Å². The first kappa shape index (κ1) is 11.1. The van der Waals surface area contributed by atoms with E-state index >= 15 is 0 Å². The van der Waals surface area contributed by atoms with Gasteiger partial charge in [-0.05, 0) is 13.3 Å². The molecule has 0 heterocycles. The van der Waals surface area contributed by atoms with E-state index in [2.05, 4.69) is 0 Å². The van der Waals surface area contributed by atoms with E-state index in [0.29, 0.717) is 6.54 Å². The summed E-state index contributed by atoms with van der Waals surface area (Å²) in [5.41, 5.74) is 0. The van der Waals surface area contributed by atoms with Crippen molar-refractivity contribution in [3.8, 4) is 0 Å². The molecule has 0 saturated heterocycles. The van der Waals surface area contributed by atoms with Crippen molar-refractivity contribution in [2.45, 2.75) is 33.2 Å². The van der Waals surface area contributed by atoms with Crippen LogP contribution in [0.15, 0.2) is 0 Å². The van der Waals surface area contributed by atoms with Gasteiger partial charge in [-0.3, -0.25) is 0 Å². The Labute approximate surface area is 67.4 Å². The molecule has 2 N–H and O–H groups in total. The minimum atomic E-state index is -4.02. The minimum Gasteiger partial charge on any atom is -0.312 e. The second-order valence-corrected chi connectivity index (χ2v) is 4.07. The largest absolute Gasteiger partial charge is 0.403 e. The minimum absolute atomic E-state index is 0.0548. The molecule has 68 valence electrons. The third-order valence-electron chi connectivity index (χ3n) is 1.76. The number of rotatable bonds is 4. The van der Waals surface area contributed by atoms with Gasteiger partial charge < -0.3 is 9.79 Å². The van der Waals surface area contributed by atoms with Crippen LogP contribution in [0.4, 0.5) is 0 Å². The van der Waals surface area contributed by atoms with E-state index in [4.69, 9.17) is 9.79 Å². The van der Waals surface area contributed by atoms with Gasteiger partial charge in [-0.25, -0.2) is 9.24 Å². The molecule has 0 aromatic rings. The zero-order valence-electron chi connectivity index (χ0n) is 7.19. The van der Waals surface area contributed by atoms with Crippen molar-refractivity contribution < 1.29 is 14.4 Å². The highest BCUT2D eigenvalue weighted by Gasteiger charge is 2.27. The van der Waals surface area contributed by atoms with Crippen LogP contribution in [-0.4, -0.2) is 27.0 Å². The maximum atomic E-state index is 10.8. The summed E-state index contributed by atoms with van der Waals surface area (Å²) in [7, 11) is -4.02. The molecule has 1 atom stereocenters. The fourth-order valence-corrected chi connectivity index (χ4v) is 2.01. The Bertz CT molecular complexity index is 156. The Morgan fingerprint density at radius 3 is 2.00 bits per heavy atom. The van der Waals surface area contributed by atoms with Crippen molar-refractivity contribution in [3.05, 3.63) is 0 Å². The monoisotopic (exact) mass is 181 g/mol. The van der Waals surface area contributed by atoms with Crippen LogP contribution in [0.5, 0.6) is 0 Å². The predicted molar refractivity (Wildman–Crippen MR) is 44.2 cm³/mol. The first-order chi connectivity index (χ1) is 4.93. The van der Waals surface area contributed by atoms with Gasteiger partial charge in [0.2, 0.25) is 0 Å². The second kappa shape index (κ2) is 4.21. The molecule has 0 aromatic heterocycles. The maximum Gasteiger partial charge on any atom is 0.403 e. The molecule has 0 amide bonds. The summed E-state index contributed by atoms with van der Waals surface area (Å²) in [4.78, 5) is 17.6. The quantitative estimate of drug-likeness (QED) is 0.640. The Balaban J connectivity index is 4.29. The molecular formula is C6H16NO3P. The smallest absolute Gasteiger partial charge is 0.312 e. The molecule has 5 heteroatoms. The lowest BCUT2D eigenvalue weighted by Gasteiger charge is -2.26. The van der Waals surface area contributed by atoms with E-state index < -0.39 is 7.75 Å². The van der Waals surface area contributed by atoms with E-state index in [-0.39, 0.29) is 6.04 Å².